The number of nitrogens with one attached hydrogen (secondary N) is 2. The van der Waals surface area contributed by atoms with Crippen LogP contribution in [0.15, 0.2) is 48.0 Å². The lowest BCUT2D eigenvalue weighted by atomic mass is 9.82. The first-order valence-corrected chi connectivity index (χ1v) is 8.79. The molecule has 0 saturated carbocycles. The Morgan fingerprint density at radius 2 is 2.00 bits per heavy atom. The van der Waals surface area contributed by atoms with Crippen molar-refractivity contribution in [3.8, 4) is 5.75 Å². The molecule has 25 heavy (non-hydrogen) atoms. The number of benzene rings is 2. The van der Waals surface area contributed by atoms with Gasteiger partial charge in [-0.1, -0.05) is 30.3 Å². The van der Waals surface area contributed by atoms with Crippen LogP contribution >= 0.6 is 0 Å². The second-order valence-corrected chi connectivity index (χ2v) is 6.55. The maximum Gasteiger partial charge on any atom is 0.319 e. The molecule has 2 aliphatic rings. The van der Waals surface area contributed by atoms with Crippen molar-refractivity contribution in [1.82, 2.24) is 10.6 Å². The topological polar surface area (TPSA) is 50.4 Å². The first kappa shape index (κ1) is 15.8. The summed E-state index contributed by atoms with van der Waals surface area (Å²) in [5.74, 6) is 0.898. The van der Waals surface area contributed by atoms with Crippen LogP contribution in [0.1, 0.15) is 41.6 Å². The predicted molar refractivity (Wildman–Crippen MR) is 98.4 cm³/mol. The molecule has 1 aliphatic heterocycles. The summed E-state index contributed by atoms with van der Waals surface area (Å²) in [7, 11) is 0. The SMILES string of the molecule is CCOc1ccc(C2NC(=O)NC3=C2CCc2ccccc23)cc1C. The first-order valence-electron chi connectivity index (χ1n) is 8.79. The van der Waals surface area contributed by atoms with Crippen LogP contribution in [0.25, 0.3) is 5.70 Å². The number of rotatable bonds is 3. The molecule has 0 aromatic heterocycles. The number of carbonyl (C=O) groups excluding carboxylic acids is 1. The van der Waals surface area contributed by atoms with Crippen LogP contribution in [-0.4, -0.2) is 12.6 Å². The Kier molecular flexibility index (Phi) is 3.96. The largest absolute Gasteiger partial charge is 0.494 e. The van der Waals surface area contributed by atoms with E-state index in [9.17, 15) is 4.79 Å². The summed E-state index contributed by atoms with van der Waals surface area (Å²) in [6.45, 7) is 4.68. The lowest BCUT2D eigenvalue weighted by molar-refractivity contribution is 0.240. The average molecular weight is 334 g/mol. The Labute approximate surface area is 147 Å². The van der Waals surface area contributed by atoms with E-state index < -0.39 is 0 Å². The highest BCUT2D eigenvalue weighted by atomic mass is 16.5. The number of amides is 2. The van der Waals surface area contributed by atoms with Gasteiger partial charge in [-0.05, 0) is 61.1 Å². The van der Waals surface area contributed by atoms with Gasteiger partial charge in [-0.2, -0.15) is 0 Å². The Morgan fingerprint density at radius 1 is 1.16 bits per heavy atom. The third-order valence-electron chi connectivity index (χ3n) is 4.97. The fourth-order valence-electron chi connectivity index (χ4n) is 3.81. The molecule has 128 valence electrons. The van der Waals surface area contributed by atoms with E-state index in [1.807, 2.05) is 26.0 Å². The van der Waals surface area contributed by atoms with Crippen molar-refractivity contribution >= 4 is 11.7 Å². The van der Waals surface area contributed by atoms with Gasteiger partial charge in [-0.15, -0.1) is 0 Å². The highest BCUT2D eigenvalue weighted by Gasteiger charge is 2.32. The molecule has 2 amide bonds. The zero-order chi connectivity index (χ0) is 17.4. The van der Waals surface area contributed by atoms with Gasteiger partial charge in [0.1, 0.15) is 5.75 Å². The Morgan fingerprint density at radius 3 is 2.80 bits per heavy atom. The summed E-state index contributed by atoms with van der Waals surface area (Å²) in [4.78, 5) is 12.3. The summed E-state index contributed by atoms with van der Waals surface area (Å²) in [6.07, 6.45) is 1.94. The Bertz CT molecular complexity index is 870. The normalized spacial score (nSPS) is 18.8. The molecule has 1 aliphatic carbocycles. The Balaban J connectivity index is 1.78. The minimum atomic E-state index is -0.146. The van der Waals surface area contributed by atoms with E-state index >= 15 is 0 Å². The number of fused-ring (bicyclic) bond motifs is 2. The summed E-state index contributed by atoms with van der Waals surface area (Å²) in [6, 6.07) is 14.3. The zero-order valence-electron chi connectivity index (χ0n) is 14.6. The number of aryl methyl sites for hydroxylation is 2. The van der Waals surface area contributed by atoms with Crippen LogP contribution in [0.3, 0.4) is 0 Å². The molecule has 1 unspecified atom stereocenters. The van der Waals surface area contributed by atoms with Crippen molar-refractivity contribution in [2.24, 2.45) is 0 Å². The van der Waals surface area contributed by atoms with Crippen molar-refractivity contribution in [1.29, 1.82) is 0 Å². The van der Waals surface area contributed by atoms with E-state index in [1.165, 1.54) is 11.1 Å². The fourth-order valence-corrected chi connectivity index (χ4v) is 3.81. The van der Waals surface area contributed by atoms with Gasteiger partial charge >= 0.3 is 6.03 Å². The molecule has 4 heteroatoms. The molecular formula is C21H22N2O2. The zero-order valence-corrected chi connectivity index (χ0v) is 14.6. The molecule has 0 saturated heterocycles. The minimum Gasteiger partial charge on any atom is -0.494 e. The summed E-state index contributed by atoms with van der Waals surface area (Å²) < 4.78 is 5.64. The second kappa shape index (κ2) is 6.28. The Hall–Kier alpha value is -2.75. The van der Waals surface area contributed by atoms with Gasteiger partial charge in [0.15, 0.2) is 0 Å². The van der Waals surface area contributed by atoms with Gasteiger partial charge in [0, 0.05) is 5.56 Å². The quantitative estimate of drug-likeness (QED) is 0.888. The van der Waals surface area contributed by atoms with Gasteiger partial charge < -0.3 is 15.4 Å². The van der Waals surface area contributed by atoms with E-state index in [0.29, 0.717) is 6.61 Å². The van der Waals surface area contributed by atoms with Crippen molar-refractivity contribution in [3.05, 3.63) is 70.3 Å². The monoisotopic (exact) mass is 334 g/mol. The molecule has 0 bridgehead atoms. The molecule has 0 radical (unpaired) electrons. The van der Waals surface area contributed by atoms with Crippen LogP contribution in [0.5, 0.6) is 5.75 Å². The average Bonchev–Trinajstić information content (AvgIpc) is 2.63. The molecule has 4 rings (SSSR count). The second-order valence-electron chi connectivity index (χ2n) is 6.55. The number of urea groups is 1. The van der Waals surface area contributed by atoms with E-state index in [0.717, 1.165) is 41.0 Å². The summed E-state index contributed by atoms with van der Waals surface area (Å²) in [5.41, 5.74) is 6.86. The van der Waals surface area contributed by atoms with E-state index in [1.54, 1.807) is 0 Å². The standard InChI is InChI=1S/C21H22N2O2/c1-3-25-18-11-9-15(12-13(18)2)19-17-10-8-14-6-4-5-7-16(14)20(17)23-21(24)22-19/h4-7,9,11-12,19H,3,8,10H2,1-2H3,(H2,22,23,24). The third-order valence-corrected chi connectivity index (χ3v) is 4.97. The lowest BCUT2D eigenvalue weighted by Gasteiger charge is -2.34. The molecule has 0 spiro atoms. The van der Waals surface area contributed by atoms with Gasteiger partial charge in [-0.25, -0.2) is 4.79 Å². The van der Waals surface area contributed by atoms with Crippen molar-refractivity contribution in [2.75, 3.05) is 6.61 Å². The third kappa shape index (κ3) is 2.78. The molecular weight excluding hydrogens is 312 g/mol. The minimum absolute atomic E-state index is 0.0912. The smallest absolute Gasteiger partial charge is 0.319 e. The number of hydrogen-bond acceptors (Lipinski definition) is 2. The maximum atomic E-state index is 12.3. The lowest BCUT2D eigenvalue weighted by Crippen LogP contribution is -2.44. The van der Waals surface area contributed by atoms with Crippen molar-refractivity contribution in [3.63, 3.8) is 0 Å². The fraction of sp³-hybridized carbons (Fsp3) is 0.286. The predicted octanol–water partition coefficient (Wildman–Crippen LogP) is 4.11. The van der Waals surface area contributed by atoms with E-state index in [2.05, 4.69) is 41.0 Å². The van der Waals surface area contributed by atoms with Crippen LogP contribution in [0.4, 0.5) is 4.79 Å². The van der Waals surface area contributed by atoms with Crippen molar-refractivity contribution in [2.45, 2.75) is 32.7 Å². The van der Waals surface area contributed by atoms with Gasteiger partial charge in [0.25, 0.3) is 0 Å². The number of carbonyl (C=O) groups is 1. The number of hydrogen-bond donors (Lipinski definition) is 2. The first-order chi connectivity index (χ1) is 12.2. The van der Waals surface area contributed by atoms with Gasteiger partial charge in [-0.3, -0.25) is 0 Å². The van der Waals surface area contributed by atoms with Crippen molar-refractivity contribution < 1.29 is 9.53 Å². The van der Waals surface area contributed by atoms with E-state index in [4.69, 9.17) is 4.74 Å². The molecule has 2 N–H and O–H groups in total. The number of ether oxygens (including phenoxy) is 1. The van der Waals surface area contributed by atoms with Crippen LogP contribution in [0, 0.1) is 6.92 Å². The molecule has 4 nitrogen and oxygen atoms in total. The van der Waals surface area contributed by atoms with Crippen LogP contribution < -0.4 is 15.4 Å². The van der Waals surface area contributed by atoms with E-state index in [-0.39, 0.29) is 12.1 Å². The highest BCUT2D eigenvalue weighted by Crippen LogP contribution is 2.39. The molecule has 0 fully saturated rings. The molecule has 1 atom stereocenters. The molecule has 2 aromatic carbocycles. The molecule has 2 aromatic rings. The van der Waals surface area contributed by atoms with Gasteiger partial charge in [0.2, 0.25) is 0 Å². The van der Waals surface area contributed by atoms with Crippen LogP contribution in [-0.2, 0) is 6.42 Å². The maximum absolute atomic E-state index is 12.3. The highest BCUT2D eigenvalue weighted by molar-refractivity contribution is 5.91. The summed E-state index contributed by atoms with van der Waals surface area (Å²) in [5, 5.41) is 6.12. The van der Waals surface area contributed by atoms with Gasteiger partial charge in [0.05, 0.1) is 18.3 Å². The molecule has 1 heterocycles. The van der Waals surface area contributed by atoms with Crippen LogP contribution in [0.2, 0.25) is 0 Å². The summed E-state index contributed by atoms with van der Waals surface area (Å²) >= 11 is 0.